The first kappa shape index (κ1) is 28.3. The molecule has 0 fully saturated rings. The van der Waals surface area contributed by atoms with Crippen molar-refractivity contribution in [2.24, 2.45) is 0 Å². The first-order valence-electron chi connectivity index (χ1n) is 17.0. The van der Waals surface area contributed by atoms with E-state index in [0.29, 0.717) is 0 Å². The summed E-state index contributed by atoms with van der Waals surface area (Å²) in [5.41, 5.74) is 10.3. The highest BCUT2D eigenvalue weighted by Gasteiger charge is 2.24. The fraction of sp³-hybridized carbons (Fsp3) is 0. The van der Waals surface area contributed by atoms with Crippen molar-refractivity contribution in [2.75, 3.05) is 4.90 Å². The summed E-state index contributed by atoms with van der Waals surface area (Å²) in [5.74, 6) is 0. The lowest BCUT2D eigenvalue weighted by atomic mass is 9.97. The Morgan fingerprint density at radius 2 is 1.08 bits per heavy atom. The largest absolute Gasteiger partial charge is 0.456 e. The van der Waals surface area contributed by atoms with Crippen LogP contribution in [-0.4, -0.2) is 4.98 Å². The van der Waals surface area contributed by atoms with Crippen LogP contribution in [0.2, 0.25) is 0 Å². The Labute approximate surface area is 289 Å². The number of fused-ring (bicyclic) bond motifs is 6. The Hall–Kier alpha value is -6.71. The zero-order valence-electron chi connectivity index (χ0n) is 27.1. The van der Waals surface area contributed by atoms with Crippen LogP contribution < -0.4 is 4.90 Å². The van der Waals surface area contributed by atoms with Crippen molar-refractivity contribution in [3.63, 3.8) is 0 Å². The lowest BCUT2D eigenvalue weighted by Crippen LogP contribution is -2.12. The first-order valence-corrected chi connectivity index (χ1v) is 17.0. The summed E-state index contributed by atoms with van der Waals surface area (Å²) < 4.78 is 6.54. The van der Waals surface area contributed by atoms with Gasteiger partial charge in [0.05, 0.1) is 16.6 Å². The molecule has 2 aromatic heterocycles. The molecule has 0 radical (unpaired) electrons. The average Bonchev–Trinajstić information content (AvgIpc) is 3.56. The summed E-state index contributed by atoms with van der Waals surface area (Å²) in [7, 11) is 0. The van der Waals surface area contributed by atoms with E-state index in [1.807, 2.05) is 24.4 Å². The van der Waals surface area contributed by atoms with Gasteiger partial charge < -0.3 is 9.32 Å². The molecule has 50 heavy (non-hydrogen) atoms. The Morgan fingerprint density at radius 1 is 0.420 bits per heavy atom. The highest BCUT2D eigenvalue weighted by molar-refractivity contribution is 6.21. The number of pyridine rings is 1. The minimum Gasteiger partial charge on any atom is -0.456 e. The van der Waals surface area contributed by atoms with Crippen LogP contribution >= 0.6 is 0 Å². The van der Waals surface area contributed by atoms with Gasteiger partial charge in [0.25, 0.3) is 0 Å². The molecule has 0 saturated heterocycles. The van der Waals surface area contributed by atoms with E-state index in [-0.39, 0.29) is 0 Å². The van der Waals surface area contributed by atoms with Gasteiger partial charge in [-0.1, -0.05) is 127 Å². The Balaban J connectivity index is 1.27. The van der Waals surface area contributed by atoms with E-state index in [2.05, 4.69) is 163 Å². The lowest BCUT2D eigenvalue weighted by Gasteiger charge is -2.28. The van der Waals surface area contributed by atoms with E-state index >= 15 is 0 Å². The minimum atomic E-state index is 0.836. The molecule has 0 saturated carbocycles. The van der Waals surface area contributed by atoms with Crippen molar-refractivity contribution < 1.29 is 4.42 Å². The fourth-order valence-corrected chi connectivity index (χ4v) is 7.51. The van der Waals surface area contributed by atoms with Gasteiger partial charge in [0.1, 0.15) is 11.2 Å². The number of anilines is 3. The molecule has 10 aromatic rings. The van der Waals surface area contributed by atoms with E-state index in [1.165, 1.54) is 32.7 Å². The second kappa shape index (κ2) is 11.5. The van der Waals surface area contributed by atoms with E-state index in [9.17, 15) is 0 Å². The molecular formula is C47H30N2O. The molecule has 3 heteroatoms. The van der Waals surface area contributed by atoms with Crippen LogP contribution in [-0.2, 0) is 0 Å². The molecule has 10 rings (SSSR count). The number of furan rings is 1. The summed E-state index contributed by atoms with van der Waals surface area (Å²) in [5, 5.41) is 8.03. The van der Waals surface area contributed by atoms with Crippen molar-refractivity contribution >= 4 is 71.4 Å². The van der Waals surface area contributed by atoms with Gasteiger partial charge in [-0.25, -0.2) is 0 Å². The number of para-hydroxylation sites is 1. The number of hydrogen-bond donors (Lipinski definition) is 0. The van der Waals surface area contributed by atoms with Crippen LogP contribution in [0.3, 0.4) is 0 Å². The lowest BCUT2D eigenvalue weighted by molar-refractivity contribution is 0.669. The van der Waals surface area contributed by atoms with Crippen LogP contribution in [0, 0.1) is 0 Å². The Kier molecular flexibility index (Phi) is 6.49. The number of nitrogens with zero attached hydrogens (tertiary/aromatic N) is 2. The topological polar surface area (TPSA) is 29.3 Å². The highest BCUT2D eigenvalue weighted by atomic mass is 16.3. The normalized spacial score (nSPS) is 11.6. The molecular weight excluding hydrogens is 609 g/mol. The molecule has 3 nitrogen and oxygen atoms in total. The van der Waals surface area contributed by atoms with E-state index in [4.69, 9.17) is 9.40 Å². The first-order chi connectivity index (χ1) is 24.8. The van der Waals surface area contributed by atoms with Crippen LogP contribution in [0.4, 0.5) is 17.1 Å². The SMILES string of the molecule is c1cc(-c2ccc3ccccc3c2)cc(N(c2cccc(-c3cccc4ccccc34)c2)c2c3ncccc3cc3oc4ccccc4c23)c1. The molecule has 0 aliphatic heterocycles. The second-order valence-electron chi connectivity index (χ2n) is 12.8. The summed E-state index contributed by atoms with van der Waals surface area (Å²) in [4.78, 5) is 7.42. The van der Waals surface area contributed by atoms with Gasteiger partial charge in [0.2, 0.25) is 0 Å². The van der Waals surface area contributed by atoms with Crippen LogP contribution in [0.5, 0.6) is 0 Å². The smallest absolute Gasteiger partial charge is 0.138 e. The zero-order chi connectivity index (χ0) is 33.0. The third kappa shape index (κ3) is 4.63. The van der Waals surface area contributed by atoms with Crippen molar-refractivity contribution in [3.8, 4) is 22.3 Å². The maximum absolute atomic E-state index is 6.54. The van der Waals surface area contributed by atoms with Gasteiger partial charge in [-0.15, -0.1) is 0 Å². The molecule has 0 unspecified atom stereocenters. The number of rotatable bonds is 5. The molecule has 2 heterocycles. The van der Waals surface area contributed by atoms with Gasteiger partial charge in [-0.3, -0.25) is 4.98 Å². The van der Waals surface area contributed by atoms with Gasteiger partial charge in [0.15, 0.2) is 0 Å². The zero-order valence-corrected chi connectivity index (χ0v) is 27.1. The van der Waals surface area contributed by atoms with Crippen LogP contribution in [0.25, 0.3) is 76.6 Å². The fourth-order valence-electron chi connectivity index (χ4n) is 7.51. The van der Waals surface area contributed by atoms with Crippen LogP contribution in [0.15, 0.2) is 187 Å². The van der Waals surface area contributed by atoms with E-state index in [1.54, 1.807) is 0 Å². The maximum atomic E-state index is 6.54. The van der Waals surface area contributed by atoms with Gasteiger partial charge in [-0.2, -0.15) is 0 Å². The predicted molar refractivity (Wildman–Crippen MR) is 210 cm³/mol. The molecule has 234 valence electrons. The maximum Gasteiger partial charge on any atom is 0.138 e. The summed E-state index contributed by atoms with van der Waals surface area (Å²) in [6.45, 7) is 0. The van der Waals surface area contributed by atoms with Crippen molar-refractivity contribution in [1.29, 1.82) is 0 Å². The summed E-state index contributed by atoms with van der Waals surface area (Å²) in [6, 6.07) is 62.6. The molecule has 0 N–H and O–H groups in total. The van der Waals surface area contributed by atoms with E-state index in [0.717, 1.165) is 61.0 Å². The molecule has 0 atom stereocenters. The van der Waals surface area contributed by atoms with Gasteiger partial charge in [-0.05, 0) is 92.3 Å². The molecule has 8 aromatic carbocycles. The Morgan fingerprint density at radius 3 is 1.96 bits per heavy atom. The monoisotopic (exact) mass is 638 g/mol. The van der Waals surface area contributed by atoms with Gasteiger partial charge >= 0.3 is 0 Å². The standard InChI is InChI=1S/C47H30N2O/c1-2-13-33-27-35(25-24-31(33)11-1)34-15-7-18-38(28-34)49(39-19-8-16-36(29-39)41-22-9-14-32-12-3-4-20-40(32)41)47-45-42-21-5-6-23-43(42)50-44(45)30-37-17-10-26-48-46(37)47/h1-30H. The molecule has 0 amide bonds. The molecule has 0 aliphatic rings. The summed E-state index contributed by atoms with van der Waals surface area (Å²) >= 11 is 0. The van der Waals surface area contributed by atoms with Crippen molar-refractivity contribution in [3.05, 3.63) is 182 Å². The number of aromatic nitrogens is 1. The number of hydrogen-bond acceptors (Lipinski definition) is 3. The summed E-state index contributed by atoms with van der Waals surface area (Å²) in [6.07, 6.45) is 1.89. The number of benzene rings is 8. The van der Waals surface area contributed by atoms with Gasteiger partial charge in [0, 0.05) is 28.3 Å². The van der Waals surface area contributed by atoms with Crippen molar-refractivity contribution in [2.45, 2.75) is 0 Å². The third-order valence-corrected chi connectivity index (χ3v) is 9.83. The van der Waals surface area contributed by atoms with E-state index < -0.39 is 0 Å². The molecule has 0 aliphatic carbocycles. The second-order valence-corrected chi connectivity index (χ2v) is 12.8. The quantitative estimate of drug-likeness (QED) is 0.188. The highest BCUT2D eigenvalue weighted by Crippen LogP contribution is 2.47. The molecule has 0 bridgehead atoms. The minimum absolute atomic E-state index is 0.836. The van der Waals surface area contributed by atoms with Crippen LogP contribution in [0.1, 0.15) is 0 Å². The average molecular weight is 639 g/mol. The predicted octanol–water partition coefficient (Wildman–Crippen LogP) is 13.2. The Bertz CT molecular complexity index is 2900. The molecule has 0 spiro atoms. The third-order valence-electron chi connectivity index (χ3n) is 9.83. The van der Waals surface area contributed by atoms with Crippen molar-refractivity contribution in [1.82, 2.24) is 4.98 Å².